The normalized spacial score (nSPS) is 11.0. The molecule has 1 amide bonds. The molecule has 8 heteroatoms. The lowest BCUT2D eigenvalue weighted by molar-refractivity contribution is -0.113. The van der Waals surface area contributed by atoms with Crippen molar-refractivity contribution in [1.82, 2.24) is 14.8 Å². The van der Waals surface area contributed by atoms with Gasteiger partial charge in [-0.1, -0.05) is 59.8 Å². The summed E-state index contributed by atoms with van der Waals surface area (Å²) in [6.45, 7) is 4.92. The van der Waals surface area contributed by atoms with Crippen molar-refractivity contribution in [1.29, 1.82) is 0 Å². The van der Waals surface area contributed by atoms with E-state index in [1.807, 2.05) is 73.0 Å². The van der Waals surface area contributed by atoms with Gasteiger partial charge in [-0.25, -0.2) is 0 Å². The van der Waals surface area contributed by atoms with Crippen molar-refractivity contribution < 1.29 is 9.53 Å². The minimum absolute atomic E-state index is 0.0911. The fourth-order valence-corrected chi connectivity index (χ4v) is 4.47. The first-order valence-corrected chi connectivity index (χ1v) is 11.6. The Bertz CT molecular complexity index is 1250. The highest BCUT2D eigenvalue weighted by Crippen LogP contribution is 2.25. The minimum Gasteiger partial charge on any atom is -0.485 e. The predicted octanol–water partition coefficient (Wildman–Crippen LogP) is 5.72. The van der Waals surface area contributed by atoms with Gasteiger partial charge in [-0.15, -0.1) is 10.2 Å². The predicted molar refractivity (Wildman–Crippen MR) is 130 cm³/mol. The molecule has 4 rings (SSSR count). The van der Waals surface area contributed by atoms with Crippen LogP contribution in [0.25, 0.3) is 10.8 Å². The van der Waals surface area contributed by atoms with Crippen LogP contribution in [0.5, 0.6) is 5.75 Å². The van der Waals surface area contributed by atoms with E-state index in [0.29, 0.717) is 22.5 Å². The highest BCUT2D eigenvalue weighted by Gasteiger charge is 2.15. The number of amides is 1. The van der Waals surface area contributed by atoms with E-state index in [1.54, 1.807) is 6.07 Å². The zero-order valence-electron chi connectivity index (χ0n) is 17.8. The molecule has 1 aromatic heterocycles. The van der Waals surface area contributed by atoms with E-state index in [0.717, 1.165) is 27.8 Å². The minimum atomic E-state index is -0.0911. The average Bonchev–Trinajstić information content (AvgIpc) is 3.19. The lowest BCUT2D eigenvalue weighted by atomic mass is 10.1. The first-order valence-electron chi connectivity index (χ1n) is 10.3. The van der Waals surface area contributed by atoms with Gasteiger partial charge in [0.15, 0.2) is 11.0 Å². The summed E-state index contributed by atoms with van der Waals surface area (Å²) in [6.07, 6.45) is 0. The maximum Gasteiger partial charge on any atom is 0.234 e. The van der Waals surface area contributed by atoms with E-state index in [4.69, 9.17) is 16.3 Å². The fourth-order valence-electron chi connectivity index (χ4n) is 3.42. The summed E-state index contributed by atoms with van der Waals surface area (Å²) < 4.78 is 7.87. The van der Waals surface area contributed by atoms with Crippen LogP contribution in [-0.2, 0) is 17.9 Å². The van der Waals surface area contributed by atoms with Crippen molar-refractivity contribution in [2.75, 3.05) is 11.1 Å². The number of nitrogens with one attached hydrogen (secondary N) is 1. The van der Waals surface area contributed by atoms with Crippen LogP contribution in [0, 0.1) is 6.92 Å². The number of nitrogens with zero attached hydrogens (tertiary/aromatic N) is 3. The first kappa shape index (κ1) is 22.2. The summed E-state index contributed by atoms with van der Waals surface area (Å²) in [5, 5.41) is 15.0. The Balaban J connectivity index is 1.39. The van der Waals surface area contributed by atoms with Gasteiger partial charge in [0.2, 0.25) is 5.91 Å². The Labute approximate surface area is 195 Å². The van der Waals surface area contributed by atoms with E-state index < -0.39 is 0 Å². The second-order valence-corrected chi connectivity index (χ2v) is 8.58. The summed E-state index contributed by atoms with van der Waals surface area (Å²) in [4.78, 5) is 12.6. The lowest BCUT2D eigenvalue weighted by Gasteiger charge is -2.11. The molecule has 0 aliphatic heterocycles. The molecular formula is C24H23ClN4O2S. The van der Waals surface area contributed by atoms with Crippen molar-refractivity contribution in [3.05, 3.63) is 77.1 Å². The average molecular weight is 467 g/mol. The largest absolute Gasteiger partial charge is 0.485 e. The zero-order chi connectivity index (χ0) is 22.5. The van der Waals surface area contributed by atoms with E-state index in [9.17, 15) is 4.79 Å². The second kappa shape index (κ2) is 10.1. The molecular weight excluding hydrogens is 444 g/mol. The Morgan fingerprint density at radius 2 is 1.94 bits per heavy atom. The topological polar surface area (TPSA) is 69.0 Å². The van der Waals surface area contributed by atoms with E-state index in [-0.39, 0.29) is 18.3 Å². The van der Waals surface area contributed by atoms with Crippen LogP contribution in [0.2, 0.25) is 5.02 Å². The number of ether oxygens (including phenoxy) is 1. The van der Waals surface area contributed by atoms with Crippen LogP contribution in [0.15, 0.2) is 65.8 Å². The maximum absolute atomic E-state index is 12.6. The van der Waals surface area contributed by atoms with Crippen LogP contribution in [-0.4, -0.2) is 26.4 Å². The SMILES string of the molecule is CCn1c(COc2ccc(Cl)cc2C)nnc1SCC(=O)Nc1cccc2ccccc12. The molecule has 0 radical (unpaired) electrons. The molecule has 0 fully saturated rings. The molecule has 4 aromatic rings. The number of carbonyl (C=O) groups is 1. The quantitative estimate of drug-likeness (QED) is 0.336. The molecule has 164 valence electrons. The molecule has 0 saturated heterocycles. The highest BCUT2D eigenvalue weighted by atomic mass is 35.5. The number of thioether (sulfide) groups is 1. The van der Waals surface area contributed by atoms with Gasteiger partial charge in [0, 0.05) is 22.6 Å². The third-order valence-corrected chi connectivity index (χ3v) is 6.20. The van der Waals surface area contributed by atoms with Gasteiger partial charge in [-0.2, -0.15) is 0 Å². The van der Waals surface area contributed by atoms with E-state index >= 15 is 0 Å². The number of hydrogen-bond donors (Lipinski definition) is 1. The van der Waals surface area contributed by atoms with Crippen LogP contribution < -0.4 is 10.1 Å². The van der Waals surface area contributed by atoms with E-state index in [2.05, 4.69) is 15.5 Å². The van der Waals surface area contributed by atoms with Crippen molar-refractivity contribution in [2.24, 2.45) is 0 Å². The van der Waals surface area contributed by atoms with Gasteiger partial charge in [-0.05, 0) is 49.1 Å². The summed E-state index contributed by atoms with van der Waals surface area (Å²) in [5.74, 6) is 1.60. The summed E-state index contributed by atoms with van der Waals surface area (Å²) in [6, 6.07) is 19.3. The number of rotatable bonds is 8. The van der Waals surface area contributed by atoms with Crippen molar-refractivity contribution in [2.45, 2.75) is 32.2 Å². The number of benzene rings is 3. The van der Waals surface area contributed by atoms with Gasteiger partial charge in [0.05, 0.1) is 5.75 Å². The molecule has 6 nitrogen and oxygen atoms in total. The number of aromatic nitrogens is 3. The Morgan fingerprint density at radius 3 is 2.75 bits per heavy atom. The molecule has 0 atom stereocenters. The smallest absolute Gasteiger partial charge is 0.234 e. The van der Waals surface area contributed by atoms with Gasteiger partial charge < -0.3 is 14.6 Å². The molecule has 1 heterocycles. The summed E-state index contributed by atoms with van der Waals surface area (Å²) in [7, 11) is 0. The number of aryl methyl sites for hydroxylation is 1. The molecule has 0 saturated carbocycles. The van der Waals surface area contributed by atoms with Gasteiger partial charge in [0.25, 0.3) is 0 Å². The van der Waals surface area contributed by atoms with Crippen LogP contribution in [0.4, 0.5) is 5.69 Å². The Kier molecular flexibility index (Phi) is 6.97. The standard InChI is InChI=1S/C24H23ClN4O2S/c1-3-29-22(14-31-21-12-11-18(25)13-16(21)2)27-28-24(29)32-15-23(30)26-20-10-6-8-17-7-4-5-9-19(17)20/h4-13H,3,14-15H2,1-2H3,(H,26,30). The lowest BCUT2D eigenvalue weighted by Crippen LogP contribution is -2.15. The molecule has 1 N–H and O–H groups in total. The maximum atomic E-state index is 12.6. The number of halogens is 1. The first-order chi connectivity index (χ1) is 15.5. The van der Waals surface area contributed by atoms with Gasteiger partial charge >= 0.3 is 0 Å². The third-order valence-electron chi connectivity index (χ3n) is 5.00. The zero-order valence-corrected chi connectivity index (χ0v) is 19.4. The van der Waals surface area contributed by atoms with Gasteiger partial charge in [-0.3, -0.25) is 4.79 Å². The Morgan fingerprint density at radius 1 is 1.12 bits per heavy atom. The summed E-state index contributed by atoms with van der Waals surface area (Å²) in [5.41, 5.74) is 1.76. The third kappa shape index (κ3) is 5.06. The number of carbonyl (C=O) groups excluding carboxylic acids is 1. The Hall–Kier alpha value is -3.03. The number of fused-ring (bicyclic) bond motifs is 1. The molecule has 0 spiro atoms. The van der Waals surface area contributed by atoms with Gasteiger partial charge in [0.1, 0.15) is 12.4 Å². The fraction of sp³-hybridized carbons (Fsp3) is 0.208. The molecule has 32 heavy (non-hydrogen) atoms. The molecule has 0 unspecified atom stereocenters. The highest BCUT2D eigenvalue weighted by molar-refractivity contribution is 7.99. The van der Waals surface area contributed by atoms with E-state index in [1.165, 1.54) is 11.8 Å². The monoisotopic (exact) mass is 466 g/mol. The molecule has 0 aliphatic rings. The van der Waals surface area contributed by atoms with Crippen LogP contribution in [0.3, 0.4) is 0 Å². The molecule has 0 bridgehead atoms. The summed E-state index contributed by atoms with van der Waals surface area (Å²) >= 11 is 7.36. The molecule has 3 aromatic carbocycles. The molecule has 0 aliphatic carbocycles. The van der Waals surface area contributed by atoms with Crippen LogP contribution in [0.1, 0.15) is 18.3 Å². The number of anilines is 1. The van der Waals surface area contributed by atoms with Crippen molar-refractivity contribution >= 4 is 45.7 Å². The second-order valence-electron chi connectivity index (χ2n) is 7.21. The van der Waals surface area contributed by atoms with Crippen LogP contribution >= 0.6 is 23.4 Å². The number of hydrogen-bond acceptors (Lipinski definition) is 5. The van der Waals surface area contributed by atoms with Crippen molar-refractivity contribution in [3.63, 3.8) is 0 Å². The van der Waals surface area contributed by atoms with Crippen molar-refractivity contribution in [3.8, 4) is 5.75 Å².